The van der Waals surface area contributed by atoms with Crippen LogP contribution in [0.15, 0.2) is 24.3 Å². The Kier molecular flexibility index (Phi) is 1.91. The van der Waals surface area contributed by atoms with E-state index in [1.807, 2.05) is 0 Å². The van der Waals surface area contributed by atoms with Crippen molar-refractivity contribution in [1.82, 2.24) is 10.2 Å². The molecular formula is C13H18N2. The highest BCUT2D eigenvalue weighted by atomic mass is 15.3. The third-order valence-corrected chi connectivity index (χ3v) is 3.60. The lowest BCUT2D eigenvalue weighted by Gasteiger charge is -2.41. The third kappa shape index (κ3) is 1.48. The molecule has 1 aromatic carbocycles. The molecule has 0 aromatic heterocycles. The first-order valence-corrected chi connectivity index (χ1v) is 5.73. The van der Waals surface area contributed by atoms with Crippen molar-refractivity contribution in [2.75, 3.05) is 13.1 Å². The van der Waals surface area contributed by atoms with Gasteiger partial charge in [-0.15, -0.1) is 0 Å². The van der Waals surface area contributed by atoms with Crippen molar-refractivity contribution in [3.63, 3.8) is 0 Å². The Balaban J connectivity index is 1.92. The highest BCUT2D eigenvalue weighted by Gasteiger charge is 2.37. The first-order chi connectivity index (χ1) is 7.16. The zero-order valence-corrected chi connectivity index (χ0v) is 9.46. The summed E-state index contributed by atoms with van der Waals surface area (Å²) >= 11 is 0. The smallest absolute Gasteiger partial charge is 0.0480 e. The van der Waals surface area contributed by atoms with Crippen LogP contribution >= 0.6 is 0 Å². The first kappa shape index (κ1) is 9.37. The highest BCUT2D eigenvalue weighted by Crippen LogP contribution is 2.36. The predicted molar refractivity (Wildman–Crippen MR) is 61.7 cm³/mol. The summed E-state index contributed by atoms with van der Waals surface area (Å²) in [4.78, 5) is 2.60. The van der Waals surface area contributed by atoms with E-state index in [2.05, 4.69) is 48.3 Å². The molecule has 2 aliphatic rings. The van der Waals surface area contributed by atoms with Gasteiger partial charge in [-0.25, -0.2) is 0 Å². The summed E-state index contributed by atoms with van der Waals surface area (Å²) in [6.45, 7) is 7.93. The molecule has 0 saturated carbocycles. The van der Waals surface area contributed by atoms with Gasteiger partial charge in [0, 0.05) is 31.2 Å². The molecule has 1 atom stereocenters. The number of hydrogen-bond acceptors (Lipinski definition) is 2. The van der Waals surface area contributed by atoms with E-state index in [0.29, 0.717) is 6.04 Å². The SMILES string of the molecule is CC1(C)CN2Cc3ccccc3C2CN1. The predicted octanol–water partition coefficient (Wildman–Crippen LogP) is 1.93. The van der Waals surface area contributed by atoms with Gasteiger partial charge in [-0.05, 0) is 25.0 Å². The fraction of sp³-hybridized carbons (Fsp3) is 0.538. The van der Waals surface area contributed by atoms with Crippen LogP contribution in [0.2, 0.25) is 0 Å². The average molecular weight is 202 g/mol. The van der Waals surface area contributed by atoms with Gasteiger partial charge in [0.2, 0.25) is 0 Å². The minimum Gasteiger partial charge on any atom is -0.309 e. The van der Waals surface area contributed by atoms with Crippen LogP contribution in [0, 0.1) is 0 Å². The molecule has 15 heavy (non-hydrogen) atoms. The van der Waals surface area contributed by atoms with Gasteiger partial charge >= 0.3 is 0 Å². The van der Waals surface area contributed by atoms with E-state index in [1.54, 1.807) is 0 Å². The van der Waals surface area contributed by atoms with Gasteiger partial charge in [-0.2, -0.15) is 0 Å². The van der Waals surface area contributed by atoms with Crippen LogP contribution < -0.4 is 5.32 Å². The molecule has 3 rings (SSSR count). The van der Waals surface area contributed by atoms with Crippen molar-refractivity contribution in [2.24, 2.45) is 0 Å². The van der Waals surface area contributed by atoms with Crippen molar-refractivity contribution in [2.45, 2.75) is 32.0 Å². The third-order valence-electron chi connectivity index (χ3n) is 3.60. The lowest BCUT2D eigenvalue weighted by molar-refractivity contribution is 0.106. The molecule has 1 saturated heterocycles. The van der Waals surface area contributed by atoms with Gasteiger partial charge in [0.15, 0.2) is 0 Å². The minimum absolute atomic E-state index is 0.262. The standard InChI is InChI=1S/C13H18N2/c1-13(2)9-15-8-10-5-3-4-6-11(10)12(15)7-14-13/h3-6,12,14H,7-9H2,1-2H3. The van der Waals surface area contributed by atoms with Gasteiger partial charge in [0.05, 0.1) is 0 Å². The van der Waals surface area contributed by atoms with E-state index in [-0.39, 0.29) is 5.54 Å². The Morgan fingerprint density at radius 1 is 1.33 bits per heavy atom. The number of piperazine rings is 1. The summed E-state index contributed by atoms with van der Waals surface area (Å²) in [5.41, 5.74) is 3.31. The van der Waals surface area contributed by atoms with E-state index >= 15 is 0 Å². The lowest BCUT2D eigenvalue weighted by atomic mass is 9.97. The molecule has 2 heterocycles. The molecule has 1 fully saturated rings. The van der Waals surface area contributed by atoms with Crippen LogP contribution in [0.3, 0.4) is 0 Å². The number of hydrogen-bond donors (Lipinski definition) is 1. The Labute approximate surface area is 91.3 Å². The summed E-state index contributed by atoms with van der Waals surface area (Å²) in [6, 6.07) is 9.45. The Morgan fingerprint density at radius 2 is 2.13 bits per heavy atom. The summed E-state index contributed by atoms with van der Waals surface area (Å²) in [6.07, 6.45) is 0. The number of benzene rings is 1. The molecule has 0 spiro atoms. The molecule has 0 amide bonds. The number of fused-ring (bicyclic) bond motifs is 3. The average Bonchev–Trinajstić information content (AvgIpc) is 2.52. The van der Waals surface area contributed by atoms with Crippen LogP contribution in [0.4, 0.5) is 0 Å². The van der Waals surface area contributed by atoms with Crippen molar-refractivity contribution < 1.29 is 0 Å². The fourth-order valence-electron chi connectivity index (χ4n) is 2.87. The molecule has 80 valence electrons. The molecule has 2 heteroatoms. The maximum atomic E-state index is 3.63. The second-order valence-electron chi connectivity index (χ2n) is 5.38. The molecule has 2 nitrogen and oxygen atoms in total. The van der Waals surface area contributed by atoms with Crippen molar-refractivity contribution in [1.29, 1.82) is 0 Å². The van der Waals surface area contributed by atoms with Crippen molar-refractivity contribution >= 4 is 0 Å². The zero-order valence-electron chi connectivity index (χ0n) is 9.46. The van der Waals surface area contributed by atoms with Crippen LogP contribution in [0.25, 0.3) is 0 Å². The lowest BCUT2D eigenvalue weighted by Crippen LogP contribution is -2.56. The first-order valence-electron chi connectivity index (χ1n) is 5.73. The van der Waals surface area contributed by atoms with E-state index in [4.69, 9.17) is 0 Å². The highest BCUT2D eigenvalue weighted by molar-refractivity contribution is 5.35. The van der Waals surface area contributed by atoms with Crippen LogP contribution in [0.5, 0.6) is 0 Å². The Morgan fingerprint density at radius 3 is 3.00 bits per heavy atom. The number of rotatable bonds is 0. The van der Waals surface area contributed by atoms with Gasteiger partial charge in [0.25, 0.3) is 0 Å². The van der Waals surface area contributed by atoms with E-state index in [9.17, 15) is 0 Å². The Hall–Kier alpha value is -0.860. The van der Waals surface area contributed by atoms with Crippen molar-refractivity contribution in [3.8, 4) is 0 Å². The summed E-state index contributed by atoms with van der Waals surface area (Å²) in [5.74, 6) is 0. The second-order valence-corrected chi connectivity index (χ2v) is 5.38. The molecule has 2 aliphatic heterocycles. The van der Waals surface area contributed by atoms with E-state index in [0.717, 1.165) is 19.6 Å². The van der Waals surface area contributed by atoms with Crippen LogP contribution in [-0.2, 0) is 6.54 Å². The zero-order chi connectivity index (χ0) is 10.5. The van der Waals surface area contributed by atoms with E-state index in [1.165, 1.54) is 11.1 Å². The normalized spacial score (nSPS) is 28.5. The van der Waals surface area contributed by atoms with Gasteiger partial charge in [-0.3, -0.25) is 4.90 Å². The Bertz CT molecular complexity index is 384. The maximum absolute atomic E-state index is 3.63. The molecule has 0 bridgehead atoms. The fourth-order valence-corrected chi connectivity index (χ4v) is 2.87. The molecule has 1 aromatic rings. The van der Waals surface area contributed by atoms with Gasteiger partial charge in [0.1, 0.15) is 0 Å². The second kappa shape index (κ2) is 3.06. The number of nitrogens with zero attached hydrogens (tertiary/aromatic N) is 1. The van der Waals surface area contributed by atoms with Gasteiger partial charge < -0.3 is 5.32 Å². The quantitative estimate of drug-likeness (QED) is 0.691. The molecule has 0 aliphatic carbocycles. The summed E-state index contributed by atoms with van der Waals surface area (Å²) in [7, 11) is 0. The van der Waals surface area contributed by atoms with Gasteiger partial charge in [-0.1, -0.05) is 24.3 Å². The molecular weight excluding hydrogens is 184 g/mol. The van der Waals surface area contributed by atoms with E-state index < -0.39 is 0 Å². The molecule has 0 radical (unpaired) electrons. The monoisotopic (exact) mass is 202 g/mol. The van der Waals surface area contributed by atoms with Crippen LogP contribution in [0.1, 0.15) is 31.0 Å². The minimum atomic E-state index is 0.262. The molecule has 1 N–H and O–H groups in total. The van der Waals surface area contributed by atoms with Crippen molar-refractivity contribution in [3.05, 3.63) is 35.4 Å². The topological polar surface area (TPSA) is 15.3 Å². The summed E-state index contributed by atoms with van der Waals surface area (Å²) < 4.78 is 0. The molecule has 1 unspecified atom stereocenters. The van der Waals surface area contributed by atoms with Crippen LogP contribution in [-0.4, -0.2) is 23.5 Å². The largest absolute Gasteiger partial charge is 0.309 e. The summed E-state index contributed by atoms with van der Waals surface area (Å²) in [5, 5.41) is 3.63. The maximum Gasteiger partial charge on any atom is 0.0480 e. The number of nitrogens with one attached hydrogen (secondary N) is 1.